The molecule has 0 aromatic carbocycles. The summed E-state index contributed by atoms with van der Waals surface area (Å²) < 4.78 is 0. The number of anilines is 1. The zero-order chi connectivity index (χ0) is 18.1. The van der Waals surface area contributed by atoms with Gasteiger partial charge in [0.25, 0.3) is 0 Å². The first-order valence-corrected chi connectivity index (χ1v) is 10.0. The molecule has 3 aromatic rings. The first-order chi connectivity index (χ1) is 12.6. The van der Waals surface area contributed by atoms with E-state index in [2.05, 4.69) is 35.9 Å². The third-order valence-electron chi connectivity index (χ3n) is 4.96. The molecular formula is C20H25N5S. The number of hydrogen-bond donors (Lipinski definition) is 0. The van der Waals surface area contributed by atoms with Gasteiger partial charge >= 0.3 is 0 Å². The van der Waals surface area contributed by atoms with E-state index in [1.165, 1.54) is 35.1 Å². The Morgan fingerprint density at radius 3 is 2.69 bits per heavy atom. The van der Waals surface area contributed by atoms with E-state index in [9.17, 15) is 0 Å². The van der Waals surface area contributed by atoms with E-state index in [1.807, 2.05) is 29.7 Å². The largest absolute Gasteiger partial charge is 0.358 e. The van der Waals surface area contributed by atoms with Crippen molar-refractivity contribution >= 4 is 27.4 Å². The van der Waals surface area contributed by atoms with Crippen LogP contribution in [0.1, 0.15) is 23.3 Å². The highest BCUT2D eigenvalue weighted by Crippen LogP contribution is 2.40. The van der Waals surface area contributed by atoms with Gasteiger partial charge in [-0.05, 0) is 57.5 Å². The maximum absolute atomic E-state index is 4.99. The monoisotopic (exact) mass is 367 g/mol. The van der Waals surface area contributed by atoms with Crippen LogP contribution in [0.3, 0.4) is 0 Å². The van der Waals surface area contributed by atoms with E-state index < -0.39 is 0 Å². The van der Waals surface area contributed by atoms with Crippen molar-refractivity contribution in [3.05, 3.63) is 35.0 Å². The number of thiophene rings is 1. The second kappa shape index (κ2) is 7.29. The summed E-state index contributed by atoms with van der Waals surface area (Å²) in [4.78, 5) is 21.3. The van der Waals surface area contributed by atoms with E-state index in [0.717, 1.165) is 41.5 Å². The Morgan fingerprint density at radius 1 is 1.08 bits per heavy atom. The molecule has 0 spiro atoms. The maximum atomic E-state index is 4.99. The number of fused-ring (bicyclic) bond motifs is 3. The molecule has 0 amide bonds. The van der Waals surface area contributed by atoms with Crippen molar-refractivity contribution in [3.8, 4) is 11.4 Å². The van der Waals surface area contributed by atoms with Crippen LogP contribution in [0.25, 0.3) is 21.6 Å². The molecule has 1 aliphatic rings. The highest BCUT2D eigenvalue weighted by molar-refractivity contribution is 7.19. The van der Waals surface area contributed by atoms with Gasteiger partial charge in [-0.2, -0.15) is 0 Å². The van der Waals surface area contributed by atoms with Crippen LogP contribution < -0.4 is 4.90 Å². The van der Waals surface area contributed by atoms with E-state index in [4.69, 9.17) is 9.97 Å². The van der Waals surface area contributed by atoms with Gasteiger partial charge in [0.05, 0.1) is 5.39 Å². The number of nitrogens with zero attached hydrogens (tertiary/aromatic N) is 5. The van der Waals surface area contributed by atoms with Gasteiger partial charge in [-0.15, -0.1) is 11.3 Å². The minimum absolute atomic E-state index is 0.774. The quantitative estimate of drug-likeness (QED) is 0.689. The number of likely N-dealkylation sites (N-methyl/N-ethyl adjacent to an activating group) is 2. The molecule has 3 heterocycles. The standard InChI is InChI=1S/C20H25N5S/c1-24(2)11-12-25(3)19-17-15-8-4-5-9-16(15)26-20(17)23-18(22-19)14-7-6-10-21-13-14/h6-7,10,13H,4-5,8-9,11-12H2,1-3H3. The van der Waals surface area contributed by atoms with Gasteiger partial charge in [-0.3, -0.25) is 4.98 Å². The highest BCUT2D eigenvalue weighted by Gasteiger charge is 2.23. The molecule has 26 heavy (non-hydrogen) atoms. The van der Waals surface area contributed by atoms with Crippen molar-refractivity contribution in [1.82, 2.24) is 19.9 Å². The van der Waals surface area contributed by atoms with Gasteiger partial charge in [0.1, 0.15) is 10.6 Å². The summed E-state index contributed by atoms with van der Waals surface area (Å²) in [5.74, 6) is 1.84. The van der Waals surface area contributed by atoms with Crippen molar-refractivity contribution in [2.75, 3.05) is 39.1 Å². The molecule has 0 saturated carbocycles. The second-order valence-corrected chi connectivity index (χ2v) is 8.31. The fourth-order valence-corrected chi connectivity index (χ4v) is 4.75. The zero-order valence-electron chi connectivity index (χ0n) is 15.7. The first kappa shape index (κ1) is 17.4. The lowest BCUT2D eigenvalue weighted by atomic mass is 9.97. The van der Waals surface area contributed by atoms with Crippen LogP contribution in [0.2, 0.25) is 0 Å². The zero-order valence-corrected chi connectivity index (χ0v) is 16.5. The molecule has 3 aromatic heterocycles. The molecule has 1 aliphatic carbocycles. The van der Waals surface area contributed by atoms with Gasteiger partial charge in [0, 0.05) is 43.0 Å². The van der Waals surface area contributed by atoms with Gasteiger partial charge in [-0.25, -0.2) is 9.97 Å². The van der Waals surface area contributed by atoms with E-state index in [1.54, 1.807) is 6.20 Å². The lowest BCUT2D eigenvalue weighted by molar-refractivity contribution is 0.416. The topological polar surface area (TPSA) is 45.2 Å². The van der Waals surface area contributed by atoms with Crippen molar-refractivity contribution in [1.29, 1.82) is 0 Å². The predicted octanol–water partition coefficient (Wildman–Crippen LogP) is 3.63. The summed E-state index contributed by atoms with van der Waals surface area (Å²) in [7, 11) is 6.36. The van der Waals surface area contributed by atoms with Crippen molar-refractivity contribution in [3.63, 3.8) is 0 Å². The van der Waals surface area contributed by atoms with Crippen LogP contribution >= 0.6 is 11.3 Å². The molecule has 0 saturated heterocycles. The summed E-state index contributed by atoms with van der Waals surface area (Å²) >= 11 is 1.86. The normalized spacial score (nSPS) is 14.0. The highest BCUT2D eigenvalue weighted by atomic mass is 32.1. The number of rotatable bonds is 5. The summed E-state index contributed by atoms with van der Waals surface area (Å²) in [5.41, 5.74) is 2.46. The SMILES string of the molecule is CN(C)CCN(C)c1nc(-c2cccnc2)nc2sc3c(c12)CCCC3. The van der Waals surface area contributed by atoms with E-state index in [-0.39, 0.29) is 0 Å². The molecule has 0 radical (unpaired) electrons. The molecule has 4 rings (SSSR count). The Morgan fingerprint density at radius 2 is 1.92 bits per heavy atom. The summed E-state index contributed by atoms with van der Waals surface area (Å²) in [6, 6.07) is 3.98. The third-order valence-corrected chi connectivity index (χ3v) is 6.15. The fraction of sp³-hybridized carbons (Fsp3) is 0.450. The molecule has 5 nitrogen and oxygen atoms in total. The molecule has 0 aliphatic heterocycles. The molecule has 0 N–H and O–H groups in total. The molecular weight excluding hydrogens is 342 g/mol. The smallest absolute Gasteiger partial charge is 0.164 e. The van der Waals surface area contributed by atoms with Crippen LogP contribution in [-0.2, 0) is 12.8 Å². The number of pyridine rings is 1. The molecule has 0 fully saturated rings. The Bertz CT molecular complexity index is 903. The number of aryl methyl sites for hydroxylation is 2. The Hall–Kier alpha value is -2.05. The van der Waals surface area contributed by atoms with Crippen LogP contribution in [0.15, 0.2) is 24.5 Å². The second-order valence-electron chi connectivity index (χ2n) is 7.23. The molecule has 0 atom stereocenters. The maximum Gasteiger partial charge on any atom is 0.164 e. The fourth-order valence-electron chi connectivity index (χ4n) is 3.49. The van der Waals surface area contributed by atoms with Gasteiger partial charge < -0.3 is 9.80 Å². The Kier molecular flexibility index (Phi) is 4.87. The van der Waals surface area contributed by atoms with E-state index >= 15 is 0 Å². The van der Waals surface area contributed by atoms with Crippen molar-refractivity contribution in [2.24, 2.45) is 0 Å². The first-order valence-electron chi connectivity index (χ1n) is 9.22. The third kappa shape index (κ3) is 3.31. The summed E-state index contributed by atoms with van der Waals surface area (Å²) in [5, 5.41) is 1.28. The molecule has 0 bridgehead atoms. The average molecular weight is 368 g/mol. The molecule has 136 valence electrons. The van der Waals surface area contributed by atoms with Crippen LogP contribution in [0.4, 0.5) is 5.82 Å². The van der Waals surface area contributed by atoms with Gasteiger partial charge in [-0.1, -0.05) is 0 Å². The Labute approximate surface area is 158 Å². The van der Waals surface area contributed by atoms with Crippen molar-refractivity contribution < 1.29 is 0 Å². The van der Waals surface area contributed by atoms with Gasteiger partial charge in [0.2, 0.25) is 0 Å². The molecule has 0 unspecified atom stereocenters. The van der Waals surface area contributed by atoms with Crippen LogP contribution in [-0.4, -0.2) is 54.1 Å². The molecule has 6 heteroatoms. The van der Waals surface area contributed by atoms with Crippen molar-refractivity contribution in [2.45, 2.75) is 25.7 Å². The lowest BCUT2D eigenvalue weighted by Gasteiger charge is -2.23. The Balaban J connectivity index is 1.86. The van der Waals surface area contributed by atoms with Crippen LogP contribution in [0, 0.1) is 0 Å². The van der Waals surface area contributed by atoms with E-state index in [0.29, 0.717) is 0 Å². The number of aromatic nitrogens is 3. The van der Waals surface area contributed by atoms with Gasteiger partial charge in [0.15, 0.2) is 5.82 Å². The minimum Gasteiger partial charge on any atom is -0.358 e. The lowest BCUT2D eigenvalue weighted by Crippen LogP contribution is -2.29. The minimum atomic E-state index is 0.774. The summed E-state index contributed by atoms with van der Waals surface area (Å²) in [6.45, 7) is 1.94. The summed E-state index contributed by atoms with van der Waals surface area (Å²) in [6.07, 6.45) is 8.52. The average Bonchev–Trinajstić information content (AvgIpc) is 3.04. The predicted molar refractivity (Wildman–Crippen MR) is 109 cm³/mol. The number of hydrogen-bond acceptors (Lipinski definition) is 6. The van der Waals surface area contributed by atoms with Crippen LogP contribution in [0.5, 0.6) is 0 Å².